The Bertz CT molecular complexity index is 623. The summed E-state index contributed by atoms with van der Waals surface area (Å²) in [5.74, 6) is -0.308. The Morgan fingerprint density at radius 2 is 1.83 bits per heavy atom. The third kappa shape index (κ3) is 2.76. The number of ether oxygens (including phenoxy) is 2. The summed E-state index contributed by atoms with van der Waals surface area (Å²) in [6.07, 6.45) is 0.931. The van der Waals surface area contributed by atoms with Crippen LogP contribution in [0.15, 0.2) is 11.3 Å². The molecule has 0 saturated carbocycles. The minimum atomic E-state index is -0.520. The van der Waals surface area contributed by atoms with Gasteiger partial charge in [-0.3, -0.25) is 4.79 Å². The number of likely N-dealkylation sites (tertiary alicyclic amines) is 2. The molecular weight excluding hydrogens is 312 g/mol. The number of β-lactam (4-membered cyclic amide) rings is 1. The molecule has 3 heterocycles. The van der Waals surface area contributed by atoms with E-state index < -0.39 is 11.0 Å². The van der Waals surface area contributed by atoms with E-state index in [0.717, 1.165) is 0 Å². The second-order valence-corrected chi connectivity index (χ2v) is 7.79. The van der Waals surface area contributed by atoms with E-state index in [4.69, 9.17) is 9.47 Å². The van der Waals surface area contributed by atoms with Crippen molar-refractivity contribution in [3.05, 3.63) is 11.3 Å². The number of rotatable bonds is 1. The van der Waals surface area contributed by atoms with Crippen LogP contribution in [0.25, 0.3) is 0 Å². The normalized spacial score (nSPS) is 23.5. The van der Waals surface area contributed by atoms with Crippen molar-refractivity contribution in [3.8, 4) is 0 Å². The van der Waals surface area contributed by atoms with E-state index in [0.29, 0.717) is 43.7 Å². The highest BCUT2D eigenvalue weighted by molar-refractivity contribution is 5.96. The molecule has 0 bridgehead atoms. The number of carbonyl (C=O) groups excluding carboxylic acids is 3. The molecule has 2 amide bonds. The highest BCUT2D eigenvalue weighted by Crippen LogP contribution is 2.44. The average Bonchev–Trinajstić information content (AvgIpc) is 2.83. The van der Waals surface area contributed by atoms with Gasteiger partial charge in [-0.05, 0) is 40.5 Å². The van der Waals surface area contributed by atoms with Crippen LogP contribution in [-0.4, -0.2) is 59.6 Å². The quantitative estimate of drug-likeness (QED) is 0.538. The summed E-state index contributed by atoms with van der Waals surface area (Å²) in [5.41, 5.74) is 0.278. The molecule has 0 aromatic heterocycles. The first-order valence-corrected chi connectivity index (χ1v) is 8.30. The zero-order chi connectivity index (χ0) is 17.7. The molecule has 0 aliphatic carbocycles. The minimum Gasteiger partial charge on any atom is -0.456 e. The first kappa shape index (κ1) is 16.8. The van der Waals surface area contributed by atoms with E-state index in [1.807, 2.05) is 20.8 Å². The van der Waals surface area contributed by atoms with Crippen molar-refractivity contribution >= 4 is 18.0 Å². The van der Waals surface area contributed by atoms with Crippen molar-refractivity contribution < 1.29 is 23.9 Å². The summed E-state index contributed by atoms with van der Waals surface area (Å²) >= 11 is 0. The molecular formula is C17H24N2O5. The number of hydrogen-bond donors (Lipinski definition) is 0. The highest BCUT2D eigenvalue weighted by atomic mass is 16.6. The topological polar surface area (TPSA) is 76.2 Å². The molecule has 0 aromatic rings. The van der Waals surface area contributed by atoms with Crippen molar-refractivity contribution in [2.75, 3.05) is 26.2 Å². The maximum atomic E-state index is 12.7. The molecule has 3 aliphatic heterocycles. The molecule has 3 aliphatic rings. The maximum absolute atomic E-state index is 12.7. The minimum absolute atomic E-state index is 0.0407. The van der Waals surface area contributed by atoms with Crippen molar-refractivity contribution in [1.29, 1.82) is 0 Å². The highest BCUT2D eigenvalue weighted by Gasteiger charge is 2.55. The van der Waals surface area contributed by atoms with Gasteiger partial charge in [-0.1, -0.05) is 0 Å². The van der Waals surface area contributed by atoms with Gasteiger partial charge in [0.25, 0.3) is 0 Å². The summed E-state index contributed by atoms with van der Waals surface area (Å²) < 4.78 is 10.4. The molecule has 3 rings (SSSR count). The van der Waals surface area contributed by atoms with Crippen molar-refractivity contribution in [2.24, 2.45) is 5.41 Å². The average molecular weight is 336 g/mol. The largest absolute Gasteiger partial charge is 0.456 e. The third-order valence-corrected chi connectivity index (χ3v) is 4.94. The second kappa shape index (κ2) is 5.50. The molecule has 7 nitrogen and oxygen atoms in total. The Hall–Kier alpha value is -2.05. The predicted molar refractivity (Wildman–Crippen MR) is 84.8 cm³/mol. The summed E-state index contributed by atoms with van der Waals surface area (Å²) in [6, 6.07) is 0. The number of piperidine rings is 1. The Morgan fingerprint density at radius 3 is 2.29 bits per heavy atom. The fraction of sp³-hybridized carbons (Fsp3) is 0.706. The predicted octanol–water partition coefficient (Wildman–Crippen LogP) is 1.68. The van der Waals surface area contributed by atoms with Crippen LogP contribution in [0.1, 0.15) is 40.5 Å². The Morgan fingerprint density at radius 1 is 1.21 bits per heavy atom. The summed E-state index contributed by atoms with van der Waals surface area (Å²) in [5, 5.41) is 0. The van der Waals surface area contributed by atoms with E-state index in [9.17, 15) is 14.4 Å². The molecule has 7 heteroatoms. The molecule has 1 spiro atoms. The van der Waals surface area contributed by atoms with Gasteiger partial charge >= 0.3 is 12.1 Å². The van der Waals surface area contributed by atoms with Gasteiger partial charge in [0.05, 0.1) is 16.7 Å². The lowest BCUT2D eigenvalue weighted by Crippen LogP contribution is -2.64. The number of esters is 1. The monoisotopic (exact) mass is 336 g/mol. The lowest BCUT2D eigenvalue weighted by atomic mass is 9.70. The van der Waals surface area contributed by atoms with Gasteiger partial charge in [-0.25, -0.2) is 9.59 Å². The van der Waals surface area contributed by atoms with Gasteiger partial charge in [0.15, 0.2) is 0 Å². The van der Waals surface area contributed by atoms with Gasteiger partial charge in [-0.15, -0.1) is 0 Å². The molecule has 0 atom stereocenters. The van der Waals surface area contributed by atoms with Crippen LogP contribution in [0.5, 0.6) is 0 Å². The van der Waals surface area contributed by atoms with E-state index >= 15 is 0 Å². The van der Waals surface area contributed by atoms with E-state index in [1.165, 1.54) is 0 Å². The summed E-state index contributed by atoms with van der Waals surface area (Å²) in [6.45, 7) is 9.01. The SMILES string of the molecule is CC1=C(N2CC3(CCN(C(=O)OC(C)(C)C)CC3)C2=O)COC1=O. The first-order valence-electron chi connectivity index (χ1n) is 8.30. The summed E-state index contributed by atoms with van der Waals surface area (Å²) in [7, 11) is 0. The number of carbonyl (C=O) groups is 3. The van der Waals surface area contributed by atoms with Crippen LogP contribution in [-0.2, 0) is 19.1 Å². The smallest absolute Gasteiger partial charge is 0.410 e. The third-order valence-electron chi connectivity index (χ3n) is 4.94. The van der Waals surface area contributed by atoms with Gasteiger partial charge in [0.2, 0.25) is 5.91 Å². The van der Waals surface area contributed by atoms with Crippen molar-refractivity contribution in [3.63, 3.8) is 0 Å². The van der Waals surface area contributed by atoms with Crippen LogP contribution in [0, 0.1) is 5.41 Å². The Balaban J connectivity index is 1.59. The lowest BCUT2D eigenvalue weighted by Gasteiger charge is -2.52. The Labute approximate surface area is 141 Å². The van der Waals surface area contributed by atoms with Crippen molar-refractivity contribution in [1.82, 2.24) is 9.80 Å². The van der Waals surface area contributed by atoms with Gasteiger partial charge in [0, 0.05) is 19.6 Å². The number of cyclic esters (lactones) is 1. The molecule has 24 heavy (non-hydrogen) atoms. The van der Waals surface area contributed by atoms with Crippen molar-refractivity contribution in [2.45, 2.75) is 46.1 Å². The first-order chi connectivity index (χ1) is 11.1. The molecule has 0 radical (unpaired) electrons. The maximum Gasteiger partial charge on any atom is 0.410 e. The summed E-state index contributed by atoms with van der Waals surface area (Å²) in [4.78, 5) is 39.6. The molecule has 2 fully saturated rings. The lowest BCUT2D eigenvalue weighted by molar-refractivity contribution is -0.161. The van der Waals surface area contributed by atoms with Crippen LogP contribution in [0.2, 0.25) is 0 Å². The van der Waals surface area contributed by atoms with Gasteiger partial charge in [-0.2, -0.15) is 0 Å². The molecule has 0 N–H and O–H groups in total. The van der Waals surface area contributed by atoms with E-state index in [1.54, 1.807) is 16.7 Å². The van der Waals surface area contributed by atoms with Crippen LogP contribution in [0.4, 0.5) is 4.79 Å². The fourth-order valence-electron chi connectivity index (χ4n) is 3.42. The van der Waals surface area contributed by atoms with Crippen LogP contribution in [0.3, 0.4) is 0 Å². The molecule has 0 aromatic carbocycles. The number of nitrogens with zero attached hydrogens (tertiary/aromatic N) is 2. The molecule has 132 valence electrons. The van der Waals surface area contributed by atoms with E-state index in [-0.39, 0.29) is 24.6 Å². The number of amides is 2. The molecule has 0 unspecified atom stereocenters. The fourth-order valence-corrected chi connectivity index (χ4v) is 3.42. The molecule has 2 saturated heterocycles. The zero-order valence-corrected chi connectivity index (χ0v) is 14.7. The Kier molecular flexibility index (Phi) is 3.85. The van der Waals surface area contributed by atoms with Gasteiger partial charge in [0.1, 0.15) is 12.2 Å². The van der Waals surface area contributed by atoms with Gasteiger partial charge < -0.3 is 19.3 Å². The van der Waals surface area contributed by atoms with Crippen LogP contribution >= 0.6 is 0 Å². The zero-order valence-electron chi connectivity index (χ0n) is 14.7. The second-order valence-electron chi connectivity index (χ2n) is 7.79. The van der Waals surface area contributed by atoms with Crippen LogP contribution < -0.4 is 0 Å². The number of hydrogen-bond acceptors (Lipinski definition) is 5. The van der Waals surface area contributed by atoms with E-state index in [2.05, 4.69) is 0 Å². The standard InChI is InChI=1S/C17H24N2O5/c1-11-12(9-23-13(11)20)19-10-17(14(19)21)5-7-18(8-6-17)15(22)24-16(2,3)4/h5-10H2,1-4H3.